The molecule has 0 saturated carbocycles. The van der Waals surface area contributed by atoms with Crippen LogP contribution in [0.1, 0.15) is 19.4 Å². The first-order valence-electron chi connectivity index (χ1n) is 6.47. The van der Waals surface area contributed by atoms with E-state index in [2.05, 4.69) is 10.2 Å². The highest BCUT2D eigenvalue weighted by Gasteiger charge is 2.29. The van der Waals surface area contributed by atoms with E-state index in [0.29, 0.717) is 6.54 Å². The number of likely N-dealkylation sites (N-methyl/N-ethyl adjacent to an activating group) is 1. The van der Waals surface area contributed by atoms with Crippen molar-refractivity contribution in [3.63, 3.8) is 0 Å². The number of rotatable bonds is 5. The van der Waals surface area contributed by atoms with Crippen LogP contribution in [0.2, 0.25) is 0 Å². The van der Waals surface area contributed by atoms with Gasteiger partial charge in [0.15, 0.2) is 0 Å². The molecule has 1 atom stereocenters. The van der Waals surface area contributed by atoms with Crippen molar-refractivity contribution in [2.75, 3.05) is 31.1 Å². The number of anilines is 1. The van der Waals surface area contributed by atoms with Gasteiger partial charge in [0.1, 0.15) is 5.82 Å². The van der Waals surface area contributed by atoms with Crippen LogP contribution in [-0.2, 0) is 6.42 Å². The summed E-state index contributed by atoms with van der Waals surface area (Å²) >= 11 is 0. The summed E-state index contributed by atoms with van der Waals surface area (Å²) in [5.74, 6) is -0.199. The smallest absolute Gasteiger partial charge is 0.125 e. The van der Waals surface area contributed by atoms with Crippen molar-refractivity contribution in [2.24, 2.45) is 0 Å². The van der Waals surface area contributed by atoms with Gasteiger partial charge >= 0.3 is 0 Å². The molecule has 0 radical (unpaired) electrons. The Morgan fingerprint density at radius 1 is 1.50 bits per heavy atom. The third kappa shape index (κ3) is 2.65. The molecule has 1 unspecified atom stereocenters. The van der Waals surface area contributed by atoms with Crippen molar-refractivity contribution in [2.45, 2.75) is 25.8 Å². The summed E-state index contributed by atoms with van der Waals surface area (Å²) in [7, 11) is 0. The minimum absolute atomic E-state index is 0.0714. The number of nitrogens with one attached hydrogen (secondary N) is 1. The highest BCUT2D eigenvalue weighted by molar-refractivity contribution is 5.58. The molecule has 0 aromatic heterocycles. The molecule has 2 rings (SSSR count). The monoisotopic (exact) mass is 252 g/mol. The van der Waals surface area contributed by atoms with Crippen LogP contribution in [0.25, 0.3) is 0 Å². The molecule has 1 aliphatic heterocycles. The molecule has 4 heteroatoms. The summed E-state index contributed by atoms with van der Waals surface area (Å²) < 4.78 is 13.3. The quantitative estimate of drug-likeness (QED) is 0.834. The van der Waals surface area contributed by atoms with Gasteiger partial charge in [0, 0.05) is 18.8 Å². The Balaban J connectivity index is 2.16. The molecule has 0 amide bonds. The van der Waals surface area contributed by atoms with E-state index in [0.717, 1.165) is 25.2 Å². The average Bonchev–Trinajstić information content (AvgIpc) is 2.72. The summed E-state index contributed by atoms with van der Waals surface area (Å²) in [6, 6.07) is 4.96. The number of fused-ring (bicyclic) bond motifs is 1. The lowest BCUT2D eigenvalue weighted by molar-refractivity contribution is 0.180. The number of nitrogens with zero attached hydrogens (tertiary/aromatic N) is 1. The Hall–Kier alpha value is -1.13. The van der Waals surface area contributed by atoms with E-state index >= 15 is 0 Å². The maximum Gasteiger partial charge on any atom is 0.125 e. The van der Waals surface area contributed by atoms with Crippen molar-refractivity contribution in [1.82, 2.24) is 5.32 Å². The summed E-state index contributed by atoms with van der Waals surface area (Å²) in [6.07, 6.45) is 0.948. The van der Waals surface area contributed by atoms with Crippen molar-refractivity contribution < 1.29 is 9.50 Å². The average molecular weight is 252 g/mol. The SMILES string of the molecule is CCNC(C)(CO)CN1CCc2ccc(F)cc21. The minimum atomic E-state index is -0.345. The zero-order chi connectivity index (χ0) is 13.2. The second-order valence-electron chi connectivity index (χ2n) is 5.19. The fraction of sp³-hybridized carbons (Fsp3) is 0.571. The molecule has 0 spiro atoms. The number of halogens is 1. The first-order chi connectivity index (χ1) is 8.58. The van der Waals surface area contributed by atoms with E-state index < -0.39 is 0 Å². The first-order valence-corrected chi connectivity index (χ1v) is 6.47. The lowest BCUT2D eigenvalue weighted by atomic mass is 10.0. The van der Waals surface area contributed by atoms with Gasteiger partial charge in [-0.1, -0.05) is 13.0 Å². The van der Waals surface area contributed by atoms with Gasteiger partial charge in [0.25, 0.3) is 0 Å². The van der Waals surface area contributed by atoms with E-state index in [4.69, 9.17) is 0 Å². The van der Waals surface area contributed by atoms with E-state index in [-0.39, 0.29) is 18.0 Å². The number of benzene rings is 1. The molecule has 1 heterocycles. The zero-order valence-electron chi connectivity index (χ0n) is 11.0. The molecule has 1 aromatic carbocycles. The van der Waals surface area contributed by atoms with Crippen LogP contribution in [0, 0.1) is 5.82 Å². The molecule has 3 nitrogen and oxygen atoms in total. The van der Waals surface area contributed by atoms with Crippen molar-refractivity contribution >= 4 is 5.69 Å². The second-order valence-corrected chi connectivity index (χ2v) is 5.19. The molecular weight excluding hydrogens is 231 g/mol. The van der Waals surface area contributed by atoms with Gasteiger partial charge in [-0.3, -0.25) is 0 Å². The maximum absolute atomic E-state index is 13.3. The van der Waals surface area contributed by atoms with Crippen LogP contribution < -0.4 is 10.2 Å². The van der Waals surface area contributed by atoms with E-state index in [1.165, 1.54) is 11.6 Å². The molecule has 0 bridgehead atoms. The van der Waals surface area contributed by atoms with Gasteiger partial charge in [-0.2, -0.15) is 0 Å². The summed E-state index contributed by atoms with van der Waals surface area (Å²) in [6.45, 7) is 6.47. The Kier molecular flexibility index (Phi) is 3.88. The Morgan fingerprint density at radius 2 is 2.28 bits per heavy atom. The Bertz CT molecular complexity index is 424. The number of aliphatic hydroxyl groups excluding tert-OH is 1. The molecule has 0 fully saturated rings. The second kappa shape index (κ2) is 5.24. The molecular formula is C14H21FN2O. The lowest BCUT2D eigenvalue weighted by Gasteiger charge is -2.34. The van der Waals surface area contributed by atoms with Crippen LogP contribution >= 0.6 is 0 Å². The van der Waals surface area contributed by atoms with Gasteiger partial charge in [-0.25, -0.2) is 4.39 Å². The predicted molar refractivity (Wildman–Crippen MR) is 71.5 cm³/mol. The standard InChI is InChI=1S/C14H21FN2O/c1-3-16-14(2,10-18)9-17-7-6-11-4-5-12(15)8-13(11)17/h4-5,8,16,18H,3,6-7,9-10H2,1-2H3. The highest BCUT2D eigenvalue weighted by atomic mass is 19.1. The third-order valence-electron chi connectivity index (χ3n) is 3.53. The number of hydrogen-bond acceptors (Lipinski definition) is 3. The minimum Gasteiger partial charge on any atom is -0.394 e. The van der Waals surface area contributed by atoms with Crippen molar-refractivity contribution in [1.29, 1.82) is 0 Å². The van der Waals surface area contributed by atoms with Crippen molar-refractivity contribution in [3.05, 3.63) is 29.6 Å². The molecule has 0 saturated heterocycles. The van der Waals surface area contributed by atoms with Gasteiger partial charge in [-0.15, -0.1) is 0 Å². The molecule has 18 heavy (non-hydrogen) atoms. The van der Waals surface area contributed by atoms with Gasteiger partial charge < -0.3 is 15.3 Å². The number of aliphatic hydroxyl groups is 1. The maximum atomic E-state index is 13.3. The van der Waals surface area contributed by atoms with Crippen LogP contribution in [0.5, 0.6) is 0 Å². The fourth-order valence-corrected chi connectivity index (χ4v) is 2.59. The van der Waals surface area contributed by atoms with Crippen LogP contribution in [0.4, 0.5) is 10.1 Å². The fourth-order valence-electron chi connectivity index (χ4n) is 2.59. The number of hydrogen-bond donors (Lipinski definition) is 2. The van der Waals surface area contributed by atoms with Gasteiger partial charge in [0.2, 0.25) is 0 Å². The molecule has 2 N–H and O–H groups in total. The Labute approximate surface area is 108 Å². The van der Waals surface area contributed by atoms with E-state index in [1.54, 1.807) is 6.07 Å². The lowest BCUT2D eigenvalue weighted by Crippen LogP contribution is -2.53. The Morgan fingerprint density at radius 3 is 2.94 bits per heavy atom. The summed E-state index contributed by atoms with van der Waals surface area (Å²) in [5, 5.41) is 12.8. The van der Waals surface area contributed by atoms with Gasteiger partial charge in [-0.05, 0) is 37.6 Å². The zero-order valence-corrected chi connectivity index (χ0v) is 11.0. The van der Waals surface area contributed by atoms with Crippen LogP contribution in [0.3, 0.4) is 0 Å². The molecule has 1 aromatic rings. The van der Waals surface area contributed by atoms with Crippen LogP contribution in [-0.4, -0.2) is 36.9 Å². The highest BCUT2D eigenvalue weighted by Crippen LogP contribution is 2.29. The van der Waals surface area contributed by atoms with Gasteiger partial charge in [0.05, 0.1) is 12.1 Å². The molecule has 0 aliphatic carbocycles. The largest absolute Gasteiger partial charge is 0.394 e. The van der Waals surface area contributed by atoms with E-state index in [9.17, 15) is 9.50 Å². The normalized spacial score (nSPS) is 17.7. The first kappa shape index (κ1) is 13.3. The van der Waals surface area contributed by atoms with Crippen LogP contribution in [0.15, 0.2) is 18.2 Å². The predicted octanol–water partition coefficient (Wildman–Crippen LogP) is 1.55. The van der Waals surface area contributed by atoms with E-state index in [1.807, 2.05) is 19.9 Å². The summed E-state index contributed by atoms with van der Waals surface area (Å²) in [5.41, 5.74) is 1.81. The topological polar surface area (TPSA) is 35.5 Å². The molecule has 100 valence electrons. The van der Waals surface area contributed by atoms with Crippen molar-refractivity contribution in [3.8, 4) is 0 Å². The molecule has 1 aliphatic rings. The summed E-state index contributed by atoms with van der Waals surface area (Å²) in [4.78, 5) is 2.15. The third-order valence-corrected chi connectivity index (χ3v) is 3.53.